The molecule has 1 aliphatic carbocycles. The Labute approximate surface area is 168 Å². The molecule has 3 aromatic rings. The highest BCUT2D eigenvalue weighted by Crippen LogP contribution is 2.40. The van der Waals surface area contributed by atoms with E-state index in [1.54, 1.807) is 0 Å². The zero-order valence-electron chi connectivity index (χ0n) is 15.7. The van der Waals surface area contributed by atoms with Gasteiger partial charge in [0.1, 0.15) is 11.6 Å². The SMILES string of the molecule is CCOc1ccccc1NC(=O)CSc1nc(C2CC2)n(-c2ccccc2)n1. The van der Waals surface area contributed by atoms with Crippen LogP contribution in [-0.4, -0.2) is 33.0 Å². The zero-order valence-corrected chi connectivity index (χ0v) is 16.5. The summed E-state index contributed by atoms with van der Waals surface area (Å²) in [5.74, 6) is 2.25. The fourth-order valence-electron chi connectivity index (χ4n) is 2.90. The van der Waals surface area contributed by atoms with Crippen LogP contribution in [0.15, 0.2) is 59.8 Å². The fraction of sp³-hybridized carbons (Fsp3) is 0.286. The van der Waals surface area contributed by atoms with Crippen LogP contribution >= 0.6 is 11.8 Å². The van der Waals surface area contributed by atoms with E-state index in [2.05, 4.69) is 15.4 Å². The lowest BCUT2D eigenvalue weighted by atomic mass is 10.3. The lowest BCUT2D eigenvalue weighted by Crippen LogP contribution is -2.15. The third-order valence-corrected chi connectivity index (χ3v) is 5.19. The monoisotopic (exact) mass is 394 g/mol. The first-order valence-electron chi connectivity index (χ1n) is 9.41. The van der Waals surface area contributed by atoms with Gasteiger partial charge < -0.3 is 10.1 Å². The van der Waals surface area contributed by atoms with Gasteiger partial charge in [-0.3, -0.25) is 4.79 Å². The van der Waals surface area contributed by atoms with Gasteiger partial charge in [-0.1, -0.05) is 42.1 Å². The van der Waals surface area contributed by atoms with Crippen molar-refractivity contribution >= 4 is 23.4 Å². The number of carbonyl (C=O) groups is 1. The van der Waals surface area contributed by atoms with Gasteiger partial charge in [-0.25, -0.2) is 9.67 Å². The van der Waals surface area contributed by atoms with Crippen LogP contribution in [0, 0.1) is 0 Å². The van der Waals surface area contributed by atoms with E-state index in [4.69, 9.17) is 4.74 Å². The third kappa shape index (κ3) is 4.36. The molecule has 6 nitrogen and oxygen atoms in total. The molecule has 0 atom stereocenters. The van der Waals surface area contributed by atoms with Gasteiger partial charge in [-0.2, -0.15) is 0 Å². The molecule has 2 aromatic carbocycles. The number of benzene rings is 2. The number of amides is 1. The lowest BCUT2D eigenvalue weighted by Gasteiger charge is -2.10. The first-order chi connectivity index (χ1) is 13.7. The van der Waals surface area contributed by atoms with Crippen molar-refractivity contribution in [3.05, 3.63) is 60.4 Å². The number of anilines is 1. The average Bonchev–Trinajstić information content (AvgIpc) is 3.48. The molecule has 1 amide bonds. The quantitative estimate of drug-likeness (QED) is 0.578. The molecule has 0 unspecified atom stereocenters. The molecule has 0 radical (unpaired) electrons. The number of para-hydroxylation sites is 3. The van der Waals surface area contributed by atoms with Gasteiger partial charge in [0, 0.05) is 5.92 Å². The minimum atomic E-state index is -0.110. The lowest BCUT2D eigenvalue weighted by molar-refractivity contribution is -0.113. The topological polar surface area (TPSA) is 69.0 Å². The molecule has 4 rings (SSSR count). The Hall–Kier alpha value is -2.80. The molecule has 1 N–H and O–H groups in total. The van der Waals surface area contributed by atoms with Gasteiger partial charge in [-0.15, -0.1) is 5.10 Å². The highest BCUT2D eigenvalue weighted by molar-refractivity contribution is 7.99. The Morgan fingerprint density at radius 3 is 2.68 bits per heavy atom. The normalized spacial score (nSPS) is 13.3. The van der Waals surface area contributed by atoms with E-state index < -0.39 is 0 Å². The zero-order chi connectivity index (χ0) is 19.3. The second-order valence-electron chi connectivity index (χ2n) is 6.54. The van der Waals surface area contributed by atoms with Crippen LogP contribution < -0.4 is 10.1 Å². The summed E-state index contributed by atoms with van der Waals surface area (Å²) < 4.78 is 7.46. The standard InChI is InChI=1S/C21H22N4O2S/c1-2-27-18-11-7-6-10-17(18)22-19(26)14-28-21-23-20(15-12-13-15)25(24-21)16-8-4-3-5-9-16/h3-11,15H,2,12-14H2,1H3,(H,22,26). The first kappa shape index (κ1) is 18.6. The third-order valence-electron chi connectivity index (χ3n) is 4.35. The van der Waals surface area contributed by atoms with Crippen molar-refractivity contribution in [2.45, 2.75) is 30.8 Å². The molecule has 1 fully saturated rings. The molecule has 28 heavy (non-hydrogen) atoms. The number of nitrogens with zero attached hydrogens (tertiary/aromatic N) is 3. The Balaban J connectivity index is 1.43. The van der Waals surface area contributed by atoms with Crippen LogP contribution in [0.4, 0.5) is 5.69 Å². The first-order valence-corrected chi connectivity index (χ1v) is 10.4. The van der Waals surface area contributed by atoms with Crippen LogP contribution in [0.5, 0.6) is 5.75 Å². The molecular formula is C21H22N4O2S. The van der Waals surface area contributed by atoms with Crippen molar-refractivity contribution in [1.29, 1.82) is 0 Å². The minimum absolute atomic E-state index is 0.110. The number of ether oxygens (including phenoxy) is 1. The molecule has 1 heterocycles. The number of carbonyl (C=O) groups excluding carboxylic acids is 1. The van der Waals surface area contributed by atoms with Crippen molar-refractivity contribution in [3.63, 3.8) is 0 Å². The highest BCUT2D eigenvalue weighted by atomic mass is 32.2. The molecule has 1 aliphatic rings. The maximum Gasteiger partial charge on any atom is 0.234 e. The van der Waals surface area contributed by atoms with Crippen LogP contribution in [0.25, 0.3) is 5.69 Å². The van der Waals surface area contributed by atoms with Crippen molar-refractivity contribution in [3.8, 4) is 11.4 Å². The summed E-state index contributed by atoms with van der Waals surface area (Å²) in [5.41, 5.74) is 1.68. The minimum Gasteiger partial charge on any atom is -0.492 e. The molecule has 0 saturated heterocycles. The second-order valence-corrected chi connectivity index (χ2v) is 7.48. The van der Waals surface area contributed by atoms with E-state index in [-0.39, 0.29) is 11.7 Å². The average molecular weight is 395 g/mol. The number of thioether (sulfide) groups is 1. The van der Waals surface area contributed by atoms with E-state index in [9.17, 15) is 4.79 Å². The summed E-state index contributed by atoms with van der Waals surface area (Å²) in [6.45, 7) is 2.47. The van der Waals surface area contributed by atoms with Crippen molar-refractivity contribution < 1.29 is 9.53 Å². The van der Waals surface area contributed by atoms with Crippen LogP contribution in [0.1, 0.15) is 31.5 Å². The van der Waals surface area contributed by atoms with Gasteiger partial charge in [-0.05, 0) is 44.0 Å². The fourth-order valence-corrected chi connectivity index (χ4v) is 3.53. The maximum atomic E-state index is 12.4. The van der Waals surface area contributed by atoms with Crippen LogP contribution in [0.3, 0.4) is 0 Å². The van der Waals surface area contributed by atoms with Gasteiger partial charge in [0.15, 0.2) is 0 Å². The molecule has 0 bridgehead atoms. The molecule has 1 saturated carbocycles. The number of hydrogen-bond acceptors (Lipinski definition) is 5. The summed E-state index contributed by atoms with van der Waals surface area (Å²) >= 11 is 1.35. The van der Waals surface area contributed by atoms with E-state index in [1.165, 1.54) is 11.8 Å². The van der Waals surface area contributed by atoms with Gasteiger partial charge in [0.25, 0.3) is 0 Å². The Kier molecular flexibility index (Phi) is 5.62. The molecule has 1 aromatic heterocycles. The van der Waals surface area contributed by atoms with E-state index >= 15 is 0 Å². The molecule has 0 aliphatic heterocycles. The maximum absolute atomic E-state index is 12.4. The molecule has 7 heteroatoms. The summed E-state index contributed by atoms with van der Waals surface area (Å²) in [6.07, 6.45) is 2.29. The number of nitrogens with one attached hydrogen (secondary N) is 1. The van der Waals surface area contributed by atoms with Crippen molar-refractivity contribution in [2.75, 3.05) is 17.7 Å². The Morgan fingerprint density at radius 1 is 1.18 bits per heavy atom. The molecule has 0 spiro atoms. The molecular weight excluding hydrogens is 372 g/mol. The highest BCUT2D eigenvalue weighted by Gasteiger charge is 2.30. The van der Waals surface area contributed by atoms with Crippen LogP contribution in [-0.2, 0) is 4.79 Å². The van der Waals surface area contributed by atoms with E-state index in [0.717, 1.165) is 24.4 Å². The van der Waals surface area contributed by atoms with Gasteiger partial charge >= 0.3 is 0 Å². The van der Waals surface area contributed by atoms with Crippen LogP contribution in [0.2, 0.25) is 0 Å². The van der Waals surface area contributed by atoms with Gasteiger partial charge in [0.05, 0.1) is 23.7 Å². The van der Waals surface area contributed by atoms with Crippen molar-refractivity contribution in [2.24, 2.45) is 0 Å². The second kappa shape index (κ2) is 8.48. The number of rotatable bonds is 8. The Morgan fingerprint density at radius 2 is 1.93 bits per heavy atom. The summed E-state index contributed by atoms with van der Waals surface area (Å²) in [6, 6.07) is 17.4. The van der Waals surface area contributed by atoms with Gasteiger partial charge in [0.2, 0.25) is 11.1 Å². The van der Waals surface area contributed by atoms with Crippen molar-refractivity contribution in [1.82, 2.24) is 14.8 Å². The van der Waals surface area contributed by atoms with E-state index in [0.29, 0.717) is 29.1 Å². The summed E-state index contributed by atoms with van der Waals surface area (Å²) in [4.78, 5) is 17.1. The predicted molar refractivity (Wildman–Crippen MR) is 110 cm³/mol. The van der Waals surface area contributed by atoms with E-state index in [1.807, 2.05) is 66.2 Å². The largest absolute Gasteiger partial charge is 0.492 e. The number of hydrogen-bond donors (Lipinski definition) is 1. The number of aromatic nitrogens is 3. The predicted octanol–water partition coefficient (Wildman–Crippen LogP) is 4.27. The summed E-state index contributed by atoms with van der Waals surface area (Å²) in [7, 11) is 0. The molecule has 144 valence electrons. The smallest absolute Gasteiger partial charge is 0.234 e. The Bertz CT molecular complexity index is 954. The summed E-state index contributed by atoms with van der Waals surface area (Å²) in [5, 5.41) is 8.16.